The molecule has 168 valence electrons. The van der Waals surface area contributed by atoms with E-state index >= 15 is 0 Å². The summed E-state index contributed by atoms with van der Waals surface area (Å²) >= 11 is 0. The Balaban J connectivity index is 1.41. The van der Waals surface area contributed by atoms with Crippen LogP contribution in [-0.2, 0) is 0 Å². The lowest BCUT2D eigenvalue weighted by molar-refractivity contribution is 0.0664. The first kappa shape index (κ1) is 22.2. The molecular formula is C25H27N7O. The van der Waals surface area contributed by atoms with Crippen LogP contribution < -0.4 is 10.6 Å². The quantitative estimate of drug-likeness (QED) is 0.572. The third kappa shape index (κ3) is 5.42. The van der Waals surface area contributed by atoms with Gasteiger partial charge >= 0.3 is 0 Å². The summed E-state index contributed by atoms with van der Waals surface area (Å²) < 4.78 is 0. The number of amides is 1. The molecule has 0 bridgehead atoms. The van der Waals surface area contributed by atoms with Crippen LogP contribution in [0.4, 0.5) is 23.1 Å². The van der Waals surface area contributed by atoms with Gasteiger partial charge in [0.25, 0.3) is 5.91 Å². The third-order valence-electron chi connectivity index (χ3n) is 5.47. The molecule has 3 aromatic rings. The van der Waals surface area contributed by atoms with Gasteiger partial charge in [0.1, 0.15) is 5.82 Å². The zero-order valence-corrected chi connectivity index (χ0v) is 18.7. The van der Waals surface area contributed by atoms with E-state index in [1.165, 1.54) is 0 Å². The average molecular weight is 442 g/mol. The summed E-state index contributed by atoms with van der Waals surface area (Å²) in [5.74, 6) is 1.13. The van der Waals surface area contributed by atoms with Crippen molar-refractivity contribution < 1.29 is 4.79 Å². The van der Waals surface area contributed by atoms with E-state index in [0.717, 1.165) is 48.8 Å². The molecule has 2 aromatic heterocycles. The second kappa shape index (κ2) is 10.1. The second-order valence-electron chi connectivity index (χ2n) is 7.80. The highest BCUT2D eigenvalue weighted by atomic mass is 16.2. The highest BCUT2D eigenvalue weighted by Gasteiger charge is 2.20. The van der Waals surface area contributed by atoms with Crippen LogP contribution in [0.25, 0.3) is 12.2 Å². The molecule has 1 aliphatic heterocycles. The van der Waals surface area contributed by atoms with Crippen molar-refractivity contribution in [2.75, 3.05) is 43.9 Å². The molecule has 0 unspecified atom stereocenters. The van der Waals surface area contributed by atoms with Crippen molar-refractivity contribution >= 4 is 41.2 Å². The van der Waals surface area contributed by atoms with E-state index in [4.69, 9.17) is 0 Å². The van der Waals surface area contributed by atoms with Gasteiger partial charge in [0, 0.05) is 49.2 Å². The van der Waals surface area contributed by atoms with Gasteiger partial charge in [-0.2, -0.15) is 4.98 Å². The van der Waals surface area contributed by atoms with Crippen LogP contribution >= 0.6 is 0 Å². The number of nitrogens with one attached hydrogen (secondary N) is 2. The smallest absolute Gasteiger partial charge is 0.253 e. The number of aromatic nitrogens is 3. The zero-order valence-electron chi connectivity index (χ0n) is 18.7. The molecular weight excluding hydrogens is 414 g/mol. The van der Waals surface area contributed by atoms with Gasteiger partial charge in [0.05, 0.1) is 17.6 Å². The maximum atomic E-state index is 12.7. The van der Waals surface area contributed by atoms with Crippen molar-refractivity contribution in [3.63, 3.8) is 0 Å². The van der Waals surface area contributed by atoms with Crippen molar-refractivity contribution in [2.45, 2.75) is 0 Å². The molecule has 4 rings (SSSR count). The minimum absolute atomic E-state index is 0.0621. The van der Waals surface area contributed by atoms with E-state index in [9.17, 15) is 4.79 Å². The predicted molar refractivity (Wildman–Crippen MR) is 133 cm³/mol. The van der Waals surface area contributed by atoms with Crippen LogP contribution in [0.5, 0.6) is 0 Å². The molecule has 0 spiro atoms. The molecule has 0 radical (unpaired) electrons. The Morgan fingerprint density at radius 2 is 1.73 bits per heavy atom. The third-order valence-corrected chi connectivity index (χ3v) is 5.47. The fourth-order valence-electron chi connectivity index (χ4n) is 3.55. The van der Waals surface area contributed by atoms with Gasteiger partial charge < -0.3 is 20.4 Å². The van der Waals surface area contributed by atoms with E-state index in [-0.39, 0.29) is 5.91 Å². The Labute approximate surface area is 193 Å². The largest absolute Gasteiger partial charge is 0.339 e. The Morgan fingerprint density at radius 1 is 0.970 bits per heavy atom. The number of hydrogen-bond acceptors (Lipinski definition) is 7. The van der Waals surface area contributed by atoms with Crippen LogP contribution in [0.1, 0.15) is 21.6 Å². The Hall–Kier alpha value is -4.04. The first-order valence-electron chi connectivity index (χ1n) is 10.8. The van der Waals surface area contributed by atoms with Crippen LogP contribution in [0, 0.1) is 0 Å². The SMILES string of the molecule is C=Cc1cc(Nc2ccnc(Nc3ccc(C(=O)N4CCN(C)CC4)cc3)n2)cnc1C=C. The van der Waals surface area contributed by atoms with Crippen molar-refractivity contribution in [1.82, 2.24) is 24.8 Å². The Kier molecular flexibility index (Phi) is 6.75. The summed E-state index contributed by atoms with van der Waals surface area (Å²) in [5, 5.41) is 6.41. The van der Waals surface area contributed by atoms with Crippen LogP contribution in [0.15, 0.2) is 61.9 Å². The lowest BCUT2D eigenvalue weighted by Gasteiger charge is -2.32. The van der Waals surface area contributed by atoms with Gasteiger partial charge in [-0.1, -0.05) is 19.2 Å². The molecule has 1 saturated heterocycles. The summed E-state index contributed by atoms with van der Waals surface area (Å²) in [6.07, 6.45) is 6.82. The average Bonchev–Trinajstić information content (AvgIpc) is 2.85. The number of nitrogens with zero attached hydrogens (tertiary/aromatic N) is 5. The standard InChI is InChI=1S/C25H27N7O/c1-4-18-16-21(17-27-22(18)5-2)28-23-10-11-26-25(30-23)29-20-8-6-19(7-9-20)24(33)32-14-12-31(3)13-15-32/h4-11,16-17H,1-2,12-15H2,3H3,(H2,26,28,29,30). The summed E-state index contributed by atoms with van der Waals surface area (Å²) in [4.78, 5) is 30.0. The van der Waals surface area contributed by atoms with E-state index in [1.54, 1.807) is 30.6 Å². The molecule has 1 aromatic carbocycles. The molecule has 1 fully saturated rings. The predicted octanol–water partition coefficient (Wildman–Crippen LogP) is 4.03. The van der Waals surface area contributed by atoms with Crippen LogP contribution in [0.2, 0.25) is 0 Å². The summed E-state index contributed by atoms with van der Waals surface area (Å²) in [6, 6.07) is 11.1. The highest BCUT2D eigenvalue weighted by Crippen LogP contribution is 2.21. The topological polar surface area (TPSA) is 86.3 Å². The lowest BCUT2D eigenvalue weighted by atomic mass is 10.1. The number of carbonyl (C=O) groups excluding carboxylic acids is 1. The minimum atomic E-state index is 0.0621. The Bertz CT molecular complexity index is 1150. The highest BCUT2D eigenvalue weighted by molar-refractivity contribution is 5.94. The van der Waals surface area contributed by atoms with Crippen molar-refractivity contribution in [2.24, 2.45) is 0 Å². The molecule has 3 heterocycles. The molecule has 1 aliphatic rings. The van der Waals surface area contributed by atoms with E-state index in [0.29, 0.717) is 17.3 Å². The number of pyridine rings is 1. The van der Waals surface area contributed by atoms with Gasteiger partial charge in [-0.15, -0.1) is 0 Å². The molecule has 8 heteroatoms. The van der Waals surface area contributed by atoms with Crippen molar-refractivity contribution in [3.8, 4) is 0 Å². The van der Waals surface area contributed by atoms with Crippen LogP contribution in [0.3, 0.4) is 0 Å². The van der Waals surface area contributed by atoms with Gasteiger partial charge in [-0.05, 0) is 49.5 Å². The summed E-state index contributed by atoms with van der Waals surface area (Å²) in [7, 11) is 2.07. The molecule has 2 N–H and O–H groups in total. The number of carbonyl (C=O) groups is 1. The maximum absolute atomic E-state index is 12.7. The van der Waals surface area contributed by atoms with Crippen molar-refractivity contribution in [3.05, 3.63) is 78.8 Å². The van der Waals surface area contributed by atoms with E-state index in [1.807, 2.05) is 35.2 Å². The van der Waals surface area contributed by atoms with E-state index in [2.05, 4.69) is 50.7 Å². The molecule has 33 heavy (non-hydrogen) atoms. The molecule has 1 amide bonds. The van der Waals surface area contributed by atoms with Crippen molar-refractivity contribution in [1.29, 1.82) is 0 Å². The number of rotatable bonds is 7. The molecule has 0 saturated carbocycles. The molecule has 0 aliphatic carbocycles. The summed E-state index contributed by atoms with van der Waals surface area (Å²) in [5.41, 5.74) is 3.92. The fourth-order valence-corrected chi connectivity index (χ4v) is 3.55. The second-order valence-corrected chi connectivity index (χ2v) is 7.80. The van der Waals surface area contributed by atoms with Gasteiger partial charge in [-0.3, -0.25) is 9.78 Å². The Morgan fingerprint density at radius 3 is 2.42 bits per heavy atom. The first-order valence-corrected chi connectivity index (χ1v) is 10.8. The molecule has 0 atom stereocenters. The number of piperazine rings is 1. The number of likely N-dealkylation sites (N-methyl/N-ethyl adjacent to an activating group) is 1. The number of anilines is 4. The van der Waals surface area contributed by atoms with Gasteiger partial charge in [-0.25, -0.2) is 4.98 Å². The zero-order chi connectivity index (χ0) is 23.2. The minimum Gasteiger partial charge on any atom is -0.339 e. The summed E-state index contributed by atoms with van der Waals surface area (Å²) in [6.45, 7) is 10.9. The van der Waals surface area contributed by atoms with Crippen LogP contribution in [-0.4, -0.2) is 63.9 Å². The van der Waals surface area contributed by atoms with Gasteiger partial charge in [0.15, 0.2) is 0 Å². The maximum Gasteiger partial charge on any atom is 0.253 e. The van der Waals surface area contributed by atoms with E-state index < -0.39 is 0 Å². The monoisotopic (exact) mass is 441 g/mol. The first-order chi connectivity index (χ1) is 16.1. The lowest BCUT2D eigenvalue weighted by Crippen LogP contribution is -2.47. The van der Waals surface area contributed by atoms with Gasteiger partial charge in [0.2, 0.25) is 5.95 Å². The number of hydrogen-bond donors (Lipinski definition) is 2. The normalized spacial score (nSPS) is 13.9. The number of benzene rings is 1. The fraction of sp³-hybridized carbons (Fsp3) is 0.200. The molecule has 8 nitrogen and oxygen atoms in total.